The van der Waals surface area contributed by atoms with Gasteiger partial charge in [0.1, 0.15) is 11.3 Å². The first-order chi connectivity index (χ1) is 12.4. The number of hydrogen-bond donors (Lipinski definition) is 1. The molecular weight excluding hydrogens is 352 g/mol. The van der Waals surface area contributed by atoms with Crippen LogP contribution in [0.2, 0.25) is 0 Å². The molecule has 8 heteroatoms. The summed E-state index contributed by atoms with van der Waals surface area (Å²) < 4.78 is 29.1. The molecule has 1 aliphatic carbocycles. The third-order valence-electron chi connectivity index (χ3n) is 5.06. The molecule has 0 bridgehead atoms. The second kappa shape index (κ2) is 7.08. The number of nitrogens with one attached hydrogen (secondary N) is 1. The summed E-state index contributed by atoms with van der Waals surface area (Å²) in [5, 5.41) is 12.1. The van der Waals surface area contributed by atoms with Crippen molar-refractivity contribution < 1.29 is 13.2 Å². The summed E-state index contributed by atoms with van der Waals surface area (Å²) in [7, 11) is -2.02. The highest BCUT2D eigenvalue weighted by atomic mass is 32.2. The van der Waals surface area contributed by atoms with Gasteiger partial charge in [-0.1, -0.05) is 18.9 Å². The van der Waals surface area contributed by atoms with Gasteiger partial charge >= 0.3 is 0 Å². The standard InChI is InChI=1S/C18H22N4O3S/c1-22-11-5-8-16(22)21-26(24,25)15-7-4-6-14(12-15)20-17(23)18(13-19)9-2-3-10-18/h4,6-7,12H,2-3,5,8-11H2,1H3,(H,20,23)/b21-16+. The molecule has 138 valence electrons. The third-order valence-corrected chi connectivity index (χ3v) is 6.36. The SMILES string of the molecule is CN1CCC/C1=N\S(=O)(=O)c1cccc(NC(=O)C2(C#N)CCCC2)c1. The Kier molecular flexibility index (Phi) is 5.01. The Bertz CT molecular complexity index is 880. The van der Waals surface area contributed by atoms with Crippen molar-refractivity contribution in [1.82, 2.24) is 4.90 Å². The predicted octanol–water partition coefficient (Wildman–Crippen LogP) is 2.52. The van der Waals surface area contributed by atoms with Crippen molar-refractivity contribution >= 4 is 27.5 Å². The summed E-state index contributed by atoms with van der Waals surface area (Å²) in [5.41, 5.74) is -0.653. The highest BCUT2D eigenvalue weighted by Crippen LogP contribution is 2.38. The Labute approximate surface area is 153 Å². The van der Waals surface area contributed by atoms with Gasteiger partial charge in [0.2, 0.25) is 5.91 Å². The molecule has 7 nitrogen and oxygen atoms in total. The van der Waals surface area contributed by atoms with Gasteiger partial charge in [-0.3, -0.25) is 4.79 Å². The molecule has 2 fully saturated rings. The Morgan fingerprint density at radius 2 is 2.04 bits per heavy atom. The van der Waals surface area contributed by atoms with Crippen LogP contribution in [0.5, 0.6) is 0 Å². The number of benzene rings is 1. The van der Waals surface area contributed by atoms with Gasteiger partial charge in [-0.15, -0.1) is 4.40 Å². The van der Waals surface area contributed by atoms with Crippen molar-refractivity contribution in [3.8, 4) is 6.07 Å². The zero-order valence-corrected chi connectivity index (χ0v) is 15.6. The molecule has 1 N–H and O–H groups in total. The molecule has 0 radical (unpaired) electrons. The normalized spacial score (nSPS) is 20.9. The zero-order valence-electron chi connectivity index (χ0n) is 14.7. The average molecular weight is 374 g/mol. The number of nitriles is 1. The number of likely N-dealkylation sites (tertiary alicyclic amines) is 1. The quantitative estimate of drug-likeness (QED) is 0.872. The summed E-state index contributed by atoms with van der Waals surface area (Å²) in [4.78, 5) is 14.4. The fourth-order valence-corrected chi connectivity index (χ4v) is 4.59. The number of carbonyl (C=O) groups is 1. The number of nitrogens with zero attached hydrogens (tertiary/aromatic N) is 3. The minimum absolute atomic E-state index is 0.0283. The molecule has 1 aromatic carbocycles. The number of amidine groups is 1. The number of rotatable bonds is 4. The molecule has 1 saturated carbocycles. The third kappa shape index (κ3) is 3.58. The smallest absolute Gasteiger partial charge is 0.284 e. The lowest BCUT2D eigenvalue weighted by Gasteiger charge is -2.19. The predicted molar refractivity (Wildman–Crippen MR) is 98.1 cm³/mol. The molecule has 0 atom stereocenters. The van der Waals surface area contributed by atoms with E-state index in [-0.39, 0.29) is 10.8 Å². The Morgan fingerprint density at radius 3 is 2.65 bits per heavy atom. The largest absolute Gasteiger partial charge is 0.362 e. The summed E-state index contributed by atoms with van der Waals surface area (Å²) in [6, 6.07) is 8.17. The van der Waals surface area contributed by atoms with Crippen LogP contribution < -0.4 is 5.32 Å². The Balaban J connectivity index is 1.82. The first-order valence-electron chi connectivity index (χ1n) is 8.74. The van der Waals surface area contributed by atoms with E-state index in [1.807, 2.05) is 11.9 Å². The van der Waals surface area contributed by atoms with E-state index in [1.54, 1.807) is 12.1 Å². The van der Waals surface area contributed by atoms with E-state index in [4.69, 9.17) is 0 Å². The molecule has 1 amide bonds. The first kappa shape index (κ1) is 18.4. The maximum atomic E-state index is 12.6. The maximum Gasteiger partial charge on any atom is 0.284 e. The summed E-state index contributed by atoms with van der Waals surface area (Å²) >= 11 is 0. The highest BCUT2D eigenvalue weighted by Gasteiger charge is 2.41. The molecule has 0 spiro atoms. The van der Waals surface area contributed by atoms with Crippen LogP contribution in [0.25, 0.3) is 0 Å². The maximum absolute atomic E-state index is 12.6. The Morgan fingerprint density at radius 1 is 1.31 bits per heavy atom. The van der Waals surface area contributed by atoms with Gasteiger partial charge in [-0.05, 0) is 37.5 Å². The van der Waals surface area contributed by atoms with Crippen molar-refractivity contribution in [2.45, 2.75) is 43.4 Å². The van der Waals surface area contributed by atoms with Crippen molar-refractivity contribution in [3.05, 3.63) is 24.3 Å². The molecule has 1 heterocycles. The lowest BCUT2D eigenvalue weighted by atomic mass is 9.87. The van der Waals surface area contributed by atoms with Gasteiger partial charge in [-0.2, -0.15) is 13.7 Å². The van der Waals surface area contributed by atoms with Crippen LogP contribution in [0.15, 0.2) is 33.6 Å². The van der Waals surface area contributed by atoms with Crippen molar-refractivity contribution in [3.63, 3.8) is 0 Å². The van der Waals surface area contributed by atoms with Crippen molar-refractivity contribution in [2.24, 2.45) is 9.81 Å². The van der Waals surface area contributed by atoms with Crippen LogP contribution in [0.1, 0.15) is 38.5 Å². The number of anilines is 1. The van der Waals surface area contributed by atoms with Crippen molar-refractivity contribution in [2.75, 3.05) is 18.9 Å². The molecule has 1 aliphatic heterocycles. The molecule has 3 rings (SSSR count). The summed E-state index contributed by atoms with van der Waals surface area (Å²) in [5.74, 6) is 0.183. The van der Waals surface area contributed by atoms with E-state index >= 15 is 0 Å². The second-order valence-electron chi connectivity index (χ2n) is 6.89. The molecule has 1 aromatic rings. The monoisotopic (exact) mass is 374 g/mol. The van der Waals surface area contributed by atoms with Crippen molar-refractivity contribution in [1.29, 1.82) is 5.26 Å². The van der Waals surface area contributed by atoms with E-state index in [1.165, 1.54) is 12.1 Å². The van der Waals surface area contributed by atoms with Crippen LogP contribution in [0.3, 0.4) is 0 Å². The molecule has 26 heavy (non-hydrogen) atoms. The second-order valence-corrected chi connectivity index (χ2v) is 8.49. The van der Waals surface area contributed by atoms with E-state index < -0.39 is 15.4 Å². The minimum Gasteiger partial charge on any atom is -0.362 e. The van der Waals surface area contributed by atoms with Crippen LogP contribution in [-0.2, 0) is 14.8 Å². The zero-order chi connectivity index (χ0) is 18.8. The summed E-state index contributed by atoms with van der Waals surface area (Å²) in [6.45, 7) is 0.792. The molecule has 0 aromatic heterocycles. The average Bonchev–Trinajstić information content (AvgIpc) is 3.25. The minimum atomic E-state index is -3.84. The molecule has 1 saturated heterocycles. The topological polar surface area (TPSA) is 103 Å². The van der Waals surface area contributed by atoms with Crippen LogP contribution in [0.4, 0.5) is 5.69 Å². The van der Waals surface area contributed by atoms with Crippen LogP contribution >= 0.6 is 0 Å². The fourth-order valence-electron chi connectivity index (χ4n) is 3.45. The van der Waals surface area contributed by atoms with Crippen LogP contribution in [-0.4, -0.2) is 38.7 Å². The van der Waals surface area contributed by atoms with E-state index in [0.717, 1.165) is 25.8 Å². The number of carbonyl (C=O) groups excluding carboxylic acids is 1. The van der Waals surface area contributed by atoms with Crippen LogP contribution in [0, 0.1) is 16.7 Å². The fraction of sp³-hybridized carbons (Fsp3) is 0.500. The molecule has 0 unspecified atom stereocenters. The van der Waals surface area contributed by atoms with E-state index in [9.17, 15) is 18.5 Å². The highest BCUT2D eigenvalue weighted by molar-refractivity contribution is 7.90. The first-order valence-corrected chi connectivity index (χ1v) is 10.2. The molecule has 2 aliphatic rings. The summed E-state index contributed by atoms with van der Waals surface area (Å²) in [6.07, 6.45) is 4.29. The number of hydrogen-bond acceptors (Lipinski definition) is 4. The van der Waals surface area contributed by atoms with Gasteiger partial charge in [0, 0.05) is 25.7 Å². The van der Waals surface area contributed by atoms with Gasteiger partial charge < -0.3 is 10.2 Å². The van der Waals surface area contributed by atoms with Gasteiger partial charge in [0.25, 0.3) is 10.0 Å². The Hall–Kier alpha value is -2.40. The van der Waals surface area contributed by atoms with E-state index in [0.29, 0.717) is 30.8 Å². The number of amides is 1. The van der Waals surface area contributed by atoms with Gasteiger partial charge in [-0.25, -0.2) is 0 Å². The number of sulfonamides is 1. The molecular formula is C18H22N4O3S. The lowest BCUT2D eigenvalue weighted by molar-refractivity contribution is -0.122. The van der Waals surface area contributed by atoms with Gasteiger partial charge in [0.05, 0.1) is 11.0 Å². The van der Waals surface area contributed by atoms with E-state index in [2.05, 4.69) is 15.8 Å². The lowest BCUT2D eigenvalue weighted by Crippen LogP contribution is -2.32. The van der Waals surface area contributed by atoms with Gasteiger partial charge in [0.15, 0.2) is 0 Å².